The molecule has 0 amide bonds. The van der Waals surface area contributed by atoms with Crippen molar-refractivity contribution in [1.29, 1.82) is 0 Å². The molecule has 0 radical (unpaired) electrons. The predicted molar refractivity (Wildman–Crippen MR) is 79.6 cm³/mol. The van der Waals surface area contributed by atoms with Crippen molar-refractivity contribution < 1.29 is 13.9 Å². The fourth-order valence-electron chi connectivity index (χ4n) is 2.59. The average molecular weight is 311 g/mol. The van der Waals surface area contributed by atoms with E-state index in [2.05, 4.69) is 14.9 Å². The Hall–Kier alpha value is -1.47. The molecule has 1 N–H and O–H groups in total. The highest BCUT2D eigenvalue weighted by Gasteiger charge is 2.25. The van der Waals surface area contributed by atoms with E-state index in [4.69, 9.17) is 0 Å². The van der Waals surface area contributed by atoms with Gasteiger partial charge in [-0.2, -0.15) is 11.8 Å². The van der Waals surface area contributed by atoms with Crippen molar-refractivity contribution >= 4 is 28.5 Å². The highest BCUT2D eigenvalue weighted by Crippen LogP contribution is 2.30. The van der Waals surface area contributed by atoms with Crippen molar-refractivity contribution in [2.24, 2.45) is 0 Å². The molecule has 21 heavy (non-hydrogen) atoms. The van der Waals surface area contributed by atoms with Crippen molar-refractivity contribution in [1.82, 2.24) is 9.97 Å². The molecule has 1 atom stereocenters. The van der Waals surface area contributed by atoms with Crippen LogP contribution in [0.3, 0.4) is 0 Å². The van der Waals surface area contributed by atoms with Crippen LogP contribution in [0.1, 0.15) is 6.42 Å². The molecule has 2 heterocycles. The van der Waals surface area contributed by atoms with Crippen molar-refractivity contribution in [3.05, 3.63) is 30.1 Å². The second kappa shape index (κ2) is 6.11. The molecule has 1 aromatic heterocycles. The van der Waals surface area contributed by atoms with Gasteiger partial charge in [0.1, 0.15) is 12.1 Å². The summed E-state index contributed by atoms with van der Waals surface area (Å²) in [5, 5.41) is 9.70. The lowest BCUT2D eigenvalue weighted by atomic mass is 10.1. The number of benzene rings is 1. The standard InChI is InChI=1S/C14H15F2N3OS/c15-11-5-10-13(6-12(11)16)17-8-18-14(10)19-2-4-21-7-9(19)1-3-20/h5-6,8-9,20H,1-4,7H2. The fourth-order valence-corrected chi connectivity index (χ4v) is 3.70. The van der Waals surface area contributed by atoms with Gasteiger partial charge in [-0.3, -0.25) is 0 Å². The number of anilines is 1. The number of aliphatic hydroxyl groups is 1. The second-order valence-corrected chi connectivity index (χ2v) is 6.06. The first-order valence-electron chi connectivity index (χ1n) is 6.75. The number of fused-ring (bicyclic) bond motifs is 1. The third kappa shape index (κ3) is 2.80. The van der Waals surface area contributed by atoms with Gasteiger partial charge in [-0.25, -0.2) is 18.7 Å². The summed E-state index contributed by atoms with van der Waals surface area (Å²) >= 11 is 1.82. The molecule has 0 bridgehead atoms. The minimum absolute atomic E-state index is 0.0910. The van der Waals surface area contributed by atoms with Gasteiger partial charge in [0.05, 0.1) is 5.52 Å². The number of hydrogen-bond acceptors (Lipinski definition) is 5. The Morgan fingerprint density at radius 3 is 2.90 bits per heavy atom. The summed E-state index contributed by atoms with van der Waals surface area (Å²) in [6.45, 7) is 0.855. The Morgan fingerprint density at radius 2 is 2.10 bits per heavy atom. The third-order valence-electron chi connectivity index (χ3n) is 3.62. The number of hydrogen-bond donors (Lipinski definition) is 1. The zero-order chi connectivity index (χ0) is 14.8. The molecule has 1 unspecified atom stereocenters. The summed E-state index contributed by atoms with van der Waals surface area (Å²) in [6.07, 6.45) is 1.99. The normalized spacial score (nSPS) is 19.2. The monoisotopic (exact) mass is 311 g/mol. The molecule has 0 saturated carbocycles. The van der Waals surface area contributed by atoms with Crippen LogP contribution in [-0.2, 0) is 0 Å². The lowest BCUT2D eigenvalue weighted by Gasteiger charge is -2.36. The van der Waals surface area contributed by atoms with Crippen LogP contribution in [0.4, 0.5) is 14.6 Å². The van der Waals surface area contributed by atoms with Gasteiger partial charge < -0.3 is 10.0 Å². The van der Waals surface area contributed by atoms with Crippen molar-refractivity contribution in [2.75, 3.05) is 29.6 Å². The second-order valence-electron chi connectivity index (χ2n) is 4.92. The smallest absolute Gasteiger partial charge is 0.161 e. The summed E-state index contributed by atoms with van der Waals surface area (Å²) in [6, 6.07) is 2.38. The maximum atomic E-state index is 13.5. The number of aliphatic hydroxyl groups excluding tert-OH is 1. The van der Waals surface area contributed by atoms with Crippen LogP contribution in [0.15, 0.2) is 18.5 Å². The molecule has 0 spiro atoms. The molecular weight excluding hydrogens is 296 g/mol. The molecule has 112 valence electrons. The molecule has 7 heteroatoms. The summed E-state index contributed by atoms with van der Waals surface area (Å²) in [7, 11) is 0. The Bertz CT molecular complexity index is 653. The lowest BCUT2D eigenvalue weighted by Crippen LogP contribution is -2.43. The van der Waals surface area contributed by atoms with Gasteiger partial charge in [0, 0.05) is 42.2 Å². The molecule has 1 fully saturated rings. The minimum Gasteiger partial charge on any atom is -0.396 e. The van der Waals surface area contributed by atoms with Gasteiger partial charge in [0.2, 0.25) is 0 Å². The van der Waals surface area contributed by atoms with Gasteiger partial charge in [-0.05, 0) is 12.5 Å². The molecule has 1 aliphatic rings. The number of nitrogens with zero attached hydrogens (tertiary/aromatic N) is 3. The Balaban J connectivity index is 2.08. The van der Waals surface area contributed by atoms with Gasteiger partial charge >= 0.3 is 0 Å². The van der Waals surface area contributed by atoms with Crippen LogP contribution in [0.5, 0.6) is 0 Å². The maximum Gasteiger partial charge on any atom is 0.161 e. The fraction of sp³-hybridized carbons (Fsp3) is 0.429. The van der Waals surface area contributed by atoms with Gasteiger partial charge in [0.15, 0.2) is 11.6 Å². The molecule has 2 aromatic rings. The molecule has 4 nitrogen and oxygen atoms in total. The summed E-state index contributed by atoms with van der Waals surface area (Å²) in [5.74, 6) is 0.627. The molecule has 3 rings (SSSR count). The number of halogens is 2. The van der Waals surface area contributed by atoms with Gasteiger partial charge in [-0.15, -0.1) is 0 Å². The number of thioether (sulfide) groups is 1. The van der Waals surface area contributed by atoms with E-state index in [0.717, 1.165) is 30.2 Å². The highest BCUT2D eigenvalue weighted by molar-refractivity contribution is 7.99. The first kappa shape index (κ1) is 14.5. The zero-order valence-electron chi connectivity index (χ0n) is 11.3. The Morgan fingerprint density at radius 1 is 1.29 bits per heavy atom. The van der Waals surface area contributed by atoms with E-state index in [1.54, 1.807) is 0 Å². The number of rotatable bonds is 3. The first-order chi connectivity index (χ1) is 10.2. The van der Waals surface area contributed by atoms with Crippen molar-refractivity contribution in [3.8, 4) is 0 Å². The SMILES string of the molecule is OCCC1CSCCN1c1ncnc2cc(F)c(F)cc12. The van der Waals surface area contributed by atoms with Crippen LogP contribution in [0.25, 0.3) is 10.9 Å². The summed E-state index contributed by atoms with van der Waals surface area (Å²) in [4.78, 5) is 10.3. The predicted octanol–water partition coefficient (Wildman–Crippen LogP) is 2.21. The van der Waals surface area contributed by atoms with E-state index in [1.807, 2.05) is 11.8 Å². The van der Waals surface area contributed by atoms with Crippen molar-refractivity contribution in [2.45, 2.75) is 12.5 Å². The lowest BCUT2D eigenvalue weighted by molar-refractivity contribution is 0.276. The third-order valence-corrected chi connectivity index (χ3v) is 4.71. The molecule has 1 saturated heterocycles. The van der Waals surface area contributed by atoms with Crippen LogP contribution < -0.4 is 4.90 Å². The van der Waals surface area contributed by atoms with Crippen LogP contribution >= 0.6 is 11.8 Å². The number of aromatic nitrogens is 2. The highest BCUT2D eigenvalue weighted by atomic mass is 32.2. The molecule has 1 aromatic carbocycles. The zero-order valence-corrected chi connectivity index (χ0v) is 12.1. The topological polar surface area (TPSA) is 49.2 Å². The van der Waals surface area contributed by atoms with E-state index in [-0.39, 0.29) is 12.6 Å². The van der Waals surface area contributed by atoms with Crippen molar-refractivity contribution in [3.63, 3.8) is 0 Å². The minimum atomic E-state index is -0.909. The first-order valence-corrected chi connectivity index (χ1v) is 7.91. The van der Waals surface area contributed by atoms with Gasteiger partial charge in [-0.1, -0.05) is 0 Å². The summed E-state index contributed by atoms with van der Waals surface area (Å²) in [5.41, 5.74) is 0.389. The van der Waals surface area contributed by atoms with Crippen LogP contribution in [0.2, 0.25) is 0 Å². The molecular formula is C14H15F2N3OS. The Labute approximate surface area is 125 Å². The van der Waals surface area contributed by atoms with Crippen LogP contribution in [0, 0.1) is 11.6 Å². The largest absolute Gasteiger partial charge is 0.396 e. The maximum absolute atomic E-state index is 13.5. The average Bonchev–Trinajstić information content (AvgIpc) is 2.49. The van der Waals surface area contributed by atoms with E-state index < -0.39 is 11.6 Å². The van der Waals surface area contributed by atoms with Gasteiger partial charge in [0.25, 0.3) is 0 Å². The quantitative estimate of drug-likeness (QED) is 0.942. The van der Waals surface area contributed by atoms with E-state index in [0.29, 0.717) is 23.1 Å². The van der Waals surface area contributed by atoms with E-state index in [1.165, 1.54) is 6.33 Å². The molecule has 0 aliphatic carbocycles. The van der Waals surface area contributed by atoms with Crippen LogP contribution in [-0.4, -0.2) is 45.8 Å². The van der Waals surface area contributed by atoms with E-state index >= 15 is 0 Å². The Kier molecular flexibility index (Phi) is 4.21. The molecule has 1 aliphatic heterocycles. The van der Waals surface area contributed by atoms with E-state index in [9.17, 15) is 13.9 Å². The summed E-state index contributed by atoms with van der Waals surface area (Å²) < 4.78 is 26.9.